The van der Waals surface area contributed by atoms with E-state index in [9.17, 15) is 8.78 Å². The Balaban J connectivity index is 0.000000216. The zero-order valence-electron chi connectivity index (χ0n) is 24.3. The molecule has 0 bridgehead atoms. The summed E-state index contributed by atoms with van der Waals surface area (Å²) in [7, 11) is 0. The number of rotatable bonds is 11. The van der Waals surface area contributed by atoms with Gasteiger partial charge in [-0.1, -0.05) is 133 Å². The van der Waals surface area contributed by atoms with Crippen LogP contribution < -0.4 is 0 Å². The van der Waals surface area contributed by atoms with Crippen LogP contribution in [0.5, 0.6) is 0 Å². The highest BCUT2D eigenvalue weighted by atomic mass is 35.5. The summed E-state index contributed by atoms with van der Waals surface area (Å²) in [6, 6.07) is 10.4. The number of aryl methyl sites for hydroxylation is 2. The first-order valence-corrected chi connectivity index (χ1v) is 16.5. The third-order valence-electron chi connectivity index (χ3n) is 9.25. The minimum Gasteiger partial charge on any atom is -0.205 e. The van der Waals surface area contributed by atoms with Crippen LogP contribution >= 0.6 is 23.2 Å². The third kappa shape index (κ3) is 11.7. The smallest absolute Gasteiger partial charge is 0.142 e. The van der Waals surface area contributed by atoms with Crippen LogP contribution in [-0.2, 0) is 12.8 Å². The van der Waals surface area contributed by atoms with Gasteiger partial charge in [0.05, 0.1) is 10.0 Å². The second-order valence-electron chi connectivity index (χ2n) is 12.3. The van der Waals surface area contributed by atoms with Crippen LogP contribution in [0.4, 0.5) is 8.78 Å². The molecule has 0 nitrogen and oxygen atoms in total. The molecule has 4 rings (SSSR count). The van der Waals surface area contributed by atoms with E-state index in [1.807, 2.05) is 12.1 Å². The van der Waals surface area contributed by atoms with Crippen molar-refractivity contribution < 1.29 is 8.78 Å². The first kappa shape index (κ1) is 32.4. The molecule has 2 saturated carbocycles. The highest BCUT2D eigenvalue weighted by Crippen LogP contribution is 2.35. The lowest BCUT2D eigenvalue weighted by molar-refractivity contribution is 0.250. The molecule has 0 amide bonds. The minimum atomic E-state index is -0.286. The highest BCUT2D eigenvalue weighted by Gasteiger charge is 2.21. The fraction of sp³-hybridized carbons (Fsp3) is 0.657. The van der Waals surface area contributed by atoms with Crippen molar-refractivity contribution in [3.05, 3.63) is 69.2 Å². The van der Waals surface area contributed by atoms with E-state index in [-0.39, 0.29) is 21.7 Å². The van der Waals surface area contributed by atoms with Gasteiger partial charge in [-0.3, -0.25) is 0 Å². The first-order chi connectivity index (χ1) is 18.9. The van der Waals surface area contributed by atoms with Crippen LogP contribution in [0.15, 0.2) is 36.4 Å². The maximum Gasteiger partial charge on any atom is 0.142 e. The molecule has 0 N–H and O–H groups in total. The van der Waals surface area contributed by atoms with Crippen molar-refractivity contribution in [3.63, 3.8) is 0 Å². The summed E-state index contributed by atoms with van der Waals surface area (Å²) in [5, 5.41) is 0.453. The van der Waals surface area contributed by atoms with Crippen LogP contribution in [-0.4, -0.2) is 0 Å². The Bertz CT molecular complexity index is 959. The maximum atomic E-state index is 13.4. The molecule has 4 heteroatoms. The number of benzene rings is 2. The summed E-state index contributed by atoms with van der Waals surface area (Å²) in [6.45, 7) is 4.55. The van der Waals surface area contributed by atoms with E-state index in [1.165, 1.54) is 96.3 Å². The summed E-state index contributed by atoms with van der Waals surface area (Å²) in [6.07, 6.45) is 22.3. The lowest BCUT2D eigenvalue weighted by atomic mass is 9.78. The van der Waals surface area contributed by atoms with Crippen LogP contribution in [0, 0.1) is 35.3 Å². The molecular formula is C35H50Cl2F2. The van der Waals surface area contributed by atoms with E-state index in [0.29, 0.717) is 0 Å². The normalized spacial score (nSPS) is 23.2. The van der Waals surface area contributed by atoms with Gasteiger partial charge in [0.1, 0.15) is 11.6 Å². The zero-order chi connectivity index (χ0) is 28.0. The molecule has 0 saturated heterocycles. The molecule has 2 aliphatic carbocycles. The van der Waals surface area contributed by atoms with Gasteiger partial charge in [0.15, 0.2) is 0 Å². The molecule has 2 fully saturated rings. The van der Waals surface area contributed by atoms with E-state index in [4.69, 9.17) is 23.2 Å². The lowest BCUT2D eigenvalue weighted by Gasteiger charge is -2.28. The SMILES string of the molecule is CCCC1CCC(CCc2ccc(Cl)c(F)c2)CC1.CCCCC1CCC(CCc2ccc(Cl)c(F)c2)CC1. The molecule has 39 heavy (non-hydrogen) atoms. The molecule has 2 aromatic rings. The summed E-state index contributed by atoms with van der Waals surface area (Å²) >= 11 is 11.4. The second-order valence-corrected chi connectivity index (χ2v) is 13.1. The number of hydrogen-bond acceptors (Lipinski definition) is 0. The van der Waals surface area contributed by atoms with E-state index < -0.39 is 0 Å². The molecule has 0 unspecified atom stereocenters. The standard InChI is InChI=1S/C18H26ClF.C17H24ClF/c1-2-3-4-14-5-7-15(8-6-14)9-10-16-11-12-17(19)18(20)13-16;1-2-3-13-4-6-14(7-5-13)8-9-15-10-11-16(18)17(19)12-15/h11-15H,2-10H2,1H3;10-14H,2-9H2,1H3. The fourth-order valence-corrected chi connectivity index (χ4v) is 6.89. The Labute approximate surface area is 247 Å². The number of hydrogen-bond donors (Lipinski definition) is 0. The Morgan fingerprint density at radius 3 is 1.31 bits per heavy atom. The Morgan fingerprint density at radius 1 is 0.564 bits per heavy atom. The summed E-state index contributed by atoms with van der Waals surface area (Å²) in [5.74, 6) is 3.05. The van der Waals surface area contributed by atoms with Gasteiger partial charge in [-0.15, -0.1) is 0 Å². The fourth-order valence-electron chi connectivity index (χ4n) is 6.65. The van der Waals surface area contributed by atoms with Crippen LogP contribution in [0.1, 0.15) is 121 Å². The molecule has 0 spiro atoms. The van der Waals surface area contributed by atoms with Gasteiger partial charge >= 0.3 is 0 Å². The Hall–Kier alpha value is -1.12. The largest absolute Gasteiger partial charge is 0.205 e. The molecule has 218 valence electrons. The van der Waals surface area contributed by atoms with Crippen LogP contribution in [0.2, 0.25) is 10.0 Å². The topological polar surface area (TPSA) is 0 Å². The Kier molecular flexibility index (Phi) is 14.7. The predicted molar refractivity (Wildman–Crippen MR) is 165 cm³/mol. The summed E-state index contributed by atoms with van der Waals surface area (Å²) in [4.78, 5) is 0. The van der Waals surface area contributed by atoms with Crippen molar-refractivity contribution in [2.75, 3.05) is 0 Å². The van der Waals surface area contributed by atoms with Crippen molar-refractivity contribution >= 4 is 23.2 Å². The molecule has 0 radical (unpaired) electrons. The van der Waals surface area contributed by atoms with Crippen molar-refractivity contribution in [2.45, 2.75) is 123 Å². The van der Waals surface area contributed by atoms with E-state index in [1.54, 1.807) is 24.3 Å². The summed E-state index contributed by atoms with van der Waals surface area (Å²) < 4.78 is 26.7. The van der Waals surface area contributed by atoms with Crippen LogP contribution in [0.3, 0.4) is 0 Å². The third-order valence-corrected chi connectivity index (χ3v) is 9.86. The van der Waals surface area contributed by atoms with Gasteiger partial charge < -0.3 is 0 Å². The van der Waals surface area contributed by atoms with E-state index in [2.05, 4.69) is 13.8 Å². The molecule has 2 aliphatic rings. The molecule has 0 aliphatic heterocycles. The second kappa shape index (κ2) is 17.6. The van der Waals surface area contributed by atoms with Gasteiger partial charge in [0, 0.05) is 0 Å². The highest BCUT2D eigenvalue weighted by molar-refractivity contribution is 6.31. The minimum absolute atomic E-state index is 0.226. The molecule has 0 heterocycles. The van der Waals surface area contributed by atoms with Gasteiger partial charge in [-0.2, -0.15) is 0 Å². The predicted octanol–water partition coefficient (Wildman–Crippen LogP) is 12.4. The average Bonchev–Trinajstić information content (AvgIpc) is 2.95. The van der Waals surface area contributed by atoms with Gasteiger partial charge in [-0.25, -0.2) is 8.78 Å². The van der Waals surface area contributed by atoms with Gasteiger partial charge in [0.25, 0.3) is 0 Å². The van der Waals surface area contributed by atoms with Crippen molar-refractivity contribution in [2.24, 2.45) is 23.7 Å². The average molecular weight is 580 g/mol. The molecule has 2 aromatic carbocycles. The first-order valence-electron chi connectivity index (χ1n) is 15.8. The van der Waals surface area contributed by atoms with Crippen molar-refractivity contribution in [3.8, 4) is 0 Å². The van der Waals surface area contributed by atoms with Crippen molar-refractivity contribution in [1.82, 2.24) is 0 Å². The summed E-state index contributed by atoms with van der Waals surface area (Å²) in [5.41, 5.74) is 2.16. The molecular weight excluding hydrogens is 529 g/mol. The van der Waals surface area contributed by atoms with Gasteiger partial charge in [-0.05, 0) is 84.7 Å². The maximum absolute atomic E-state index is 13.4. The lowest BCUT2D eigenvalue weighted by Crippen LogP contribution is -2.15. The molecule has 0 atom stereocenters. The zero-order valence-corrected chi connectivity index (χ0v) is 25.8. The number of halogens is 4. The van der Waals surface area contributed by atoms with Crippen LogP contribution in [0.25, 0.3) is 0 Å². The van der Waals surface area contributed by atoms with E-state index in [0.717, 1.165) is 47.6 Å². The number of unbranched alkanes of at least 4 members (excludes halogenated alkanes) is 1. The quantitative estimate of drug-likeness (QED) is 0.248. The van der Waals surface area contributed by atoms with Crippen molar-refractivity contribution in [1.29, 1.82) is 0 Å². The van der Waals surface area contributed by atoms with Gasteiger partial charge in [0.2, 0.25) is 0 Å². The molecule has 0 aromatic heterocycles. The Morgan fingerprint density at radius 2 is 0.949 bits per heavy atom. The monoisotopic (exact) mass is 578 g/mol. The van der Waals surface area contributed by atoms with E-state index >= 15 is 0 Å².